The van der Waals surface area contributed by atoms with Gasteiger partial charge in [0.1, 0.15) is 5.75 Å². The molecule has 0 spiro atoms. The number of carbonyl (C=O) groups is 2. The first-order valence-corrected chi connectivity index (χ1v) is 20.1. The van der Waals surface area contributed by atoms with E-state index in [0.29, 0.717) is 49.7 Å². The maximum atomic E-state index is 12.4. The molecule has 0 radical (unpaired) electrons. The number of benzene rings is 3. The molecule has 0 unspecified atom stereocenters. The number of aldehydes is 1. The van der Waals surface area contributed by atoms with Crippen molar-refractivity contribution in [1.29, 1.82) is 0 Å². The van der Waals surface area contributed by atoms with Crippen LogP contribution in [0.15, 0.2) is 42.5 Å². The fourth-order valence-electron chi connectivity index (χ4n) is 7.36. The number of aromatic nitrogens is 3. The van der Waals surface area contributed by atoms with Gasteiger partial charge in [0, 0.05) is 73.2 Å². The first-order valence-electron chi connectivity index (χ1n) is 19.3. The molecular formula is C45H57Cl2N5O5. The van der Waals surface area contributed by atoms with Crippen molar-refractivity contribution in [2.45, 2.75) is 86.4 Å². The second-order valence-electron chi connectivity index (χ2n) is 14.3. The lowest BCUT2D eigenvalue weighted by atomic mass is 9.90. The molecular weight excluding hydrogens is 761 g/mol. The number of ether oxygens (including phenoxy) is 2. The largest absolute Gasteiger partial charge is 0.494 e. The fourth-order valence-corrected chi connectivity index (χ4v) is 7.72. The second-order valence-corrected chi connectivity index (χ2v) is 15.1. The van der Waals surface area contributed by atoms with E-state index in [1.807, 2.05) is 70.6 Å². The third kappa shape index (κ3) is 10.7. The maximum Gasteiger partial charge on any atom is 0.207 e. The lowest BCUT2D eigenvalue weighted by Crippen LogP contribution is -2.30. The highest BCUT2D eigenvalue weighted by Crippen LogP contribution is 2.44. The smallest absolute Gasteiger partial charge is 0.207 e. The van der Waals surface area contributed by atoms with Crippen LogP contribution in [0.1, 0.15) is 89.2 Å². The summed E-state index contributed by atoms with van der Waals surface area (Å²) < 4.78 is 15.9. The molecule has 2 heterocycles. The van der Waals surface area contributed by atoms with Crippen LogP contribution in [0, 0.1) is 27.7 Å². The number of amides is 1. The van der Waals surface area contributed by atoms with Crippen LogP contribution in [-0.4, -0.2) is 65.6 Å². The molecule has 3 N–H and O–H groups in total. The van der Waals surface area contributed by atoms with E-state index in [1.54, 1.807) is 7.11 Å². The van der Waals surface area contributed by atoms with Crippen molar-refractivity contribution in [1.82, 2.24) is 19.7 Å². The Bertz CT molecular complexity index is 2180. The summed E-state index contributed by atoms with van der Waals surface area (Å²) in [5, 5.41) is 20.6. The summed E-state index contributed by atoms with van der Waals surface area (Å²) in [7, 11) is 4.62. The van der Waals surface area contributed by atoms with Crippen LogP contribution in [0.2, 0.25) is 10.0 Å². The Morgan fingerprint density at radius 3 is 2.33 bits per heavy atom. The Kier molecular flexibility index (Phi) is 16.8. The molecule has 0 aliphatic rings. The highest BCUT2D eigenvalue weighted by molar-refractivity contribution is 6.34. The molecule has 1 amide bonds. The van der Waals surface area contributed by atoms with Crippen molar-refractivity contribution >= 4 is 64.1 Å². The lowest BCUT2D eigenvalue weighted by molar-refractivity contribution is -0.109. The molecule has 57 heavy (non-hydrogen) atoms. The Morgan fingerprint density at radius 2 is 1.72 bits per heavy atom. The minimum absolute atomic E-state index is 0.141. The summed E-state index contributed by atoms with van der Waals surface area (Å²) in [5.74, 6) is 0.782. The average molecular weight is 819 g/mol. The monoisotopic (exact) mass is 817 g/mol. The van der Waals surface area contributed by atoms with Gasteiger partial charge >= 0.3 is 0 Å². The minimum Gasteiger partial charge on any atom is -0.494 e. The van der Waals surface area contributed by atoms with Gasteiger partial charge in [0.05, 0.1) is 40.8 Å². The SMILES string of the molecule is CCCCn1c(C=O)cc2cc(COC)cc(/C=C(\CCCOc3cc(C)c(Cl)c(C)c3)c3ccc(Cl)c(-c4c(C)nn(C)c4C)c3N[C@H](C)CNC=O)c21.CO. The van der Waals surface area contributed by atoms with Gasteiger partial charge in [0.2, 0.25) is 6.41 Å². The van der Waals surface area contributed by atoms with Crippen LogP contribution in [0.25, 0.3) is 33.7 Å². The summed E-state index contributed by atoms with van der Waals surface area (Å²) in [6.07, 6.45) is 7.18. The molecule has 10 nitrogen and oxygen atoms in total. The van der Waals surface area contributed by atoms with Crippen LogP contribution >= 0.6 is 23.2 Å². The predicted molar refractivity (Wildman–Crippen MR) is 235 cm³/mol. The Labute approximate surface area is 347 Å². The number of anilines is 1. The van der Waals surface area contributed by atoms with Gasteiger partial charge in [-0.25, -0.2) is 0 Å². The number of nitrogens with zero attached hydrogens (tertiary/aromatic N) is 3. The van der Waals surface area contributed by atoms with Gasteiger partial charge in [-0.05, 0) is 124 Å². The van der Waals surface area contributed by atoms with E-state index in [4.69, 9.17) is 42.9 Å². The van der Waals surface area contributed by atoms with Gasteiger partial charge in [0.25, 0.3) is 0 Å². The molecule has 12 heteroatoms. The number of unbranched alkanes of at least 4 members (excludes halogenated alkanes) is 1. The minimum atomic E-state index is -0.141. The Morgan fingerprint density at radius 1 is 1.00 bits per heavy atom. The summed E-state index contributed by atoms with van der Waals surface area (Å²) in [6.45, 7) is 14.2. The summed E-state index contributed by atoms with van der Waals surface area (Å²) in [4.78, 5) is 23.8. The van der Waals surface area contributed by atoms with Gasteiger partial charge in [-0.1, -0.05) is 42.6 Å². The number of aryl methyl sites for hydroxylation is 5. The molecule has 3 aromatic carbocycles. The zero-order valence-corrected chi connectivity index (χ0v) is 36.2. The number of rotatable bonds is 19. The zero-order chi connectivity index (χ0) is 41.8. The fraction of sp³-hybridized carbons (Fsp3) is 0.400. The molecule has 5 aromatic rings. The van der Waals surface area contributed by atoms with Crippen LogP contribution < -0.4 is 15.4 Å². The normalized spacial score (nSPS) is 12.0. The Hall–Kier alpha value is -4.61. The van der Waals surface area contributed by atoms with Crippen molar-refractivity contribution in [2.24, 2.45) is 7.05 Å². The van der Waals surface area contributed by atoms with Crippen molar-refractivity contribution in [3.8, 4) is 16.9 Å². The van der Waals surface area contributed by atoms with E-state index < -0.39 is 0 Å². The quantitative estimate of drug-likeness (QED) is 0.0431. The molecule has 2 aromatic heterocycles. The Balaban J connectivity index is 0.00000354. The molecule has 0 saturated carbocycles. The van der Waals surface area contributed by atoms with Crippen molar-refractivity contribution < 1.29 is 24.2 Å². The number of hydrogen-bond acceptors (Lipinski definition) is 7. The van der Waals surface area contributed by atoms with Crippen LogP contribution in [0.5, 0.6) is 5.75 Å². The first kappa shape index (κ1) is 45.1. The van der Waals surface area contributed by atoms with E-state index in [1.165, 1.54) is 0 Å². The van der Waals surface area contributed by atoms with E-state index in [9.17, 15) is 9.59 Å². The molecule has 0 saturated heterocycles. The maximum absolute atomic E-state index is 12.4. The second kappa shape index (κ2) is 21.2. The predicted octanol–water partition coefficient (Wildman–Crippen LogP) is 9.90. The average Bonchev–Trinajstić information content (AvgIpc) is 3.68. The molecule has 306 valence electrons. The molecule has 0 aliphatic carbocycles. The standard InChI is InChI=1S/C44H53Cl2N5O4.CH4O/c1-9-10-15-51-36(24-52)22-35-20-32(25-54-8)19-34(44(35)51)21-33(12-11-16-55-37-17-27(2)42(46)28(3)18-37)38-13-14-39(45)41(40-30(5)49-50(7)31(40)6)43(38)48-29(4)23-47-26-53;1-2/h13-14,17-22,24,26,29,48H,9-12,15-16,23,25H2,1-8H3,(H,47,53);2H,1H3/b33-21+;/t29-;/m1./s1. The van der Waals surface area contributed by atoms with Crippen LogP contribution in [0.4, 0.5) is 5.69 Å². The highest BCUT2D eigenvalue weighted by atomic mass is 35.5. The zero-order valence-electron chi connectivity index (χ0n) is 34.7. The molecule has 0 bridgehead atoms. The molecule has 5 rings (SSSR count). The van der Waals surface area contributed by atoms with Crippen molar-refractivity contribution in [3.63, 3.8) is 0 Å². The van der Waals surface area contributed by atoms with Crippen LogP contribution in [-0.2, 0) is 29.7 Å². The number of carbonyl (C=O) groups excluding carboxylic acids is 2. The van der Waals surface area contributed by atoms with Gasteiger partial charge in [-0.2, -0.15) is 5.10 Å². The van der Waals surface area contributed by atoms with E-state index in [2.05, 4.69) is 46.4 Å². The number of halogens is 2. The van der Waals surface area contributed by atoms with E-state index in [0.717, 1.165) is 116 Å². The first-order chi connectivity index (χ1) is 27.4. The number of nitrogens with one attached hydrogen (secondary N) is 2. The van der Waals surface area contributed by atoms with E-state index >= 15 is 0 Å². The number of methoxy groups -OCH3 is 1. The molecule has 1 atom stereocenters. The highest BCUT2D eigenvalue weighted by Gasteiger charge is 2.24. The third-order valence-electron chi connectivity index (χ3n) is 10.0. The number of fused-ring (bicyclic) bond motifs is 1. The summed E-state index contributed by atoms with van der Waals surface area (Å²) >= 11 is 13.6. The molecule has 0 fully saturated rings. The van der Waals surface area contributed by atoms with Crippen LogP contribution in [0.3, 0.4) is 0 Å². The van der Waals surface area contributed by atoms with Gasteiger partial charge < -0.3 is 29.8 Å². The number of aliphatic hydroxyl groups is 1. The lowest BCUT2D eigenvalue weighted by Gasteiger charge is -2.24. The van der Waals surface area contributed by atoms with Crippen molar-refractivity contribution in [3.05, 3.63) is 97.4 Å². The topological polar surface area (TPSA) is 120 Å². The number of allylic oxidation sites excluding steroid dienone is 1. The number of aliphatic hydroxyl groups excluding tert-OH is 1. The van der Waals surface area contributed by atoms with Gasteiger partial charge in [0.15, 0.2) is 6.29 Å². The van der Waals surface area contributed by atoms with Gasteiger partial charge in [-0.15, -0.1) is 0 Å². The molecule has 0 aliphatic heterocycles. The summed E-state index contributed by atoms with van der Waals surface area (Å²) in [5.41, 5.74) is 12.1. The summed E-state index contributed by atoms with van der Waals surface area (Å²) in [6, 6.07) is 14.1. The van der Waals surface area contributed by atoms with Crippen molar-refractivity contribution in [2.75, 3.05) is 32.7 Å². The van der Waals surface area contributed by atoms with E-state index in [-0.39, 0.29) is 6.04 Å². The third-order valence-corrected chi connectivity index (χ3v) is 10.9. The van der Waals surface area contributed by atoms with Gasteiger partial charge in [-0.3, -0.25) is 14.3 Å². The number of hydrogen-bond donors (Lipinski definition) is 3.